The number of benzene rings is 3. The molecule has 3 aromatic carbocycles. The largest absolute Gasteiger partial charge is 0.508 e. The van der Waals surface area contributed by atoms with E-state index in [1.165, 1.54) is 24.3 Å². The maximum absolute atomic E-state index is 14.5. The van der Waals surface area contributed by atoms with Crippen LogP contribution in [0.1, 0.15) is 55.2 Å². The van der Waals surface area contributed by atoms with Crippen LogP contribution < -0.4 is 81.3 Å². The lowest BCUT2D eigenvalue weighted by Gasteiger charge is -2.29. The van der Waals surface area contributed by atoms with Crippen molar-refractivity contribution < 1.29 is 54.0 Å². The van der Waals surface area contributed by atoms with Crippen molar-refractivity contribution in [1.82, 2.24) is 31.9 Å². The highest BCUT2D eigenvalue weighted by Crippen LogP contribution is 2.15. The summed E-state index contributed by atoms with van der Waals surface area (Å²) in [5.74, 6) is -4.91. The predicted octanol–water partition coefficient (Wildman–Crippen LogP) is -8.55. The Balaban J connectivity index is 1.85. The lowest BCUT2D eigenvalue weighted by atomic mass is 10.00. The van der Waals surface area contributed by atoms with Crippen LogP contribution in [0.4, 0.5) is 0 Å². The second-order valence-corrected chi connectivity index (χ2v) is 16.4. The molecule has 0 aliphatic carbocycles. The lowest BCUT2D eigenvalue weighted by Crippen LogP contribution is -2.78. The molecular weight excluding hydrogens is 879 g/mol. The van der Waals surface area contributed by atoms with E-state index in [0.29, 0.717) is 16.7 Å². The van der Waals surface area contributed by atoms with E-state index >= 15 is 0 Å². The first kappa shape index (κ1) is 52.5. The molecule has 68 heavy (non-hydrogen) atoms. The fourth-order valence-corrected chi connectivity index (χ4v) is 7.27. The average Bonchev–Trinajstić information content (AvgIpc) is 3.29. The van der Waals surface area contributed by atoms with E-state index in [-0.39, 0.29) is 107 Å². The van der Waals surface area contributed by atoms with Crippen LogP contribution in [0.2, 0.25) is 0 Å². The lowest BCUT2D eigenvalue weighted by molar-refractivity contribution is -0.460. The molecule has 23 N–H and O–H groups in total. The first-order valence-electron chi connectivity index (χ1n) is 22.2. The number of rotatable bonds is 18. The fraction of sp³-hybridized carbons (Fsp3) is 0.400. The summed E-state index contributed by atoms with van der Waals surface area (Å²) in [7, 11) is 0. The standard InChI is InChI=1S/C45H63N15O8/c46-43(47)52-20-4-9-31-37(63)55-32(10-5-21-53-44(48)49)38(64)59-36(25-28-14-18-30(62)19-15-28)42(68)60-35(24-27-12-16-29(61)17-13-27)41(67)57-33(11-6-22-54-45(50)51)39(65)58-34(40(66)56-31)23-26-7-2-1-3-8-26/h1-3,7-8,12-19,31-36,61-62H,4-6,9-11,20-25H2,(H,55,63)(H,56,66)(H,57,67)(H,58,65)(H,59,64)(H,60,68)(H4,46,47,52)(H4,48,49,53)(H4,50,51,54)/p+3/t31-,32-,33-,34-,35-,36-/m0/s1. The molecule has 6 atom stereocenters. The highest BCUT2D eigenvalue weighted by Gasteiger charge is 2.35. The van der Waals surface area contributed by atoms with Crippen molar-refractivity contribution in [3.63, 3.8) is 0 Å². The van der Waals surface area contributed by atoms with Crippen LogP contribution in [0.15, 0.2) is 78.9 Å². The van der Waals surface area contributed by atoms with Gasteiger partial charge in [-0.2, -0.15) is 0 Å². The van der Waals surface area contributed by atoms with Crippen LogP contribution in [0.3, 0.4) is 0 Å². The monoisotopic (exact) mass is 945 g/mol. The Kier molecular flexibility index (Phi) is 20.7. The number of phenols is 2. The van der Waals surface area contributed by atoms with Crippen molar-refractivity contribution in [2.45, 2.75) is 94.0 Å². The molecule has 6 amide bonds. The molecule has 0 bridgehead atoms. The molecule has 0 unspecified atom stereocenters. The summed E-state index contributed by atoms with van der Waals surface area (Å²) in [4.78, 5) is 95.1. The fourth-order valence-electron chi connectivity index (χ4n) is 7.27. The predicted molar refractivity (Wildman–Crippen MR) is 251 cm³/mol. The van der Waals surface area contributed by atoms with Gasteiger partial charge in [0.05, 0.1) is 19.6 Å². The van der Waals surface area contributed by atoms with Gasteiger partial charge in [-0.25, -0.2) is 0 Å². The van der Waals surface area contributed by atoms with Gasteiger partial charge < -0.3 is 42.1 Å². The minimum Gasteiger partial charge on any atom is -0.508 e. The van der Waals surface area contributed by atoms with E-state index in [9.17, 15) is 39.0 Å². The molecule has 1 aliphatic heterocycles. The maximum atomic E-state index is 14.5. The average molecular weight is 945 g/mol. The van der Waals surface area contributed by atoms with E-state index in [4.69, 9.17) is 34.4 Å². The number of aromatic hydroxyl groups is 2. The van der Waals surface area contributed by atoms with Gasteiger partial charge in [0.2, 0.25) is 35.4 Å². The van der Waals surface area contributed by atoms with Crippen LogP contribution in [0.25, 0.3) is 0 Å². The van der Waals surface area contributed by atoms with E-state index in [0.717, 1.165) is 0 Å². The summed E-state index contributed by atoms with van der Waals surface area (Å²) >= 11 is 0. The third-order valence-corrected chi connectivity index (χ3v) is 10.8. The molecular formula is C45H66N15O8+3. The van der Waals surface area contributed by atoms with E-state index < -0.39 is 71.7 Å². The molecule has 0 saturated carbocycles. The van der Waals surface area contributed by atoms with Crippen molar-refractivity contribution in [3.8, 4) is 11.5 Å². The SMILES string of the molecule is NC(N)=[NH+]CCC[C@@H]1NC(=O)[C@H](CCC[NH+]=C(N)N)NC(=O)[C@H](Cc2ccccc2)NC(=O)[C@H](CCC[NH+]=C(N)N)NC(=O)[C@H](Cc2ccc(O)cc2)NC(=O)[C@H](Cc2ccc(O)cc2)NC1=O. The van der Waals surface area contributed by atoms with E-state index in [1.807, 2.05) is 0 Å². The van der Waals surface area contributed by atoms with Crippen molar-refractivity contribution >= 4 is 53.3 Å². The molecule has 0 aromatic heterocycles. The van der Waals surface area contributed by atoms with Gasteiger partial charge in [0.1, 0.15) is 47.8 Å². The third kappa shape index (κ3) is 18.4. The number of nitrogens with one attached hydrogen (secondary N) is 9. The van der Waals surface area contributed by atoms with E-state index in [2.05, 4.69) is 46.9 Å². The number of hydrogen-bond donors (Lipinski definition) is 17. The molecule has 1 fully saturated rings. The Morgan fingerprint density at radius 3 is 0.912 bits per heavy atom. The first-order valence-corrected chi connectivity index (χ1v) is 22.2. The highest BCUT2D eigenvalue weighted by atomic mass is 16.3. The summed E-state index contributed by atoms with van der Waals surface area (Å²) in [6, 6.07) is 12.7. The Morgan fingerprint density at radius 1 is 0.382 bits per heavy atom. The zero-order valence-electron chi connectivity index (χ0n) is 37.8. The minimum absolute atomic E-state index is 0.00231. The molecule has 0 radical (unpaired) electrons. The summed E-state index contributed by atoms with van der Waals surface area (Å²) < 4.78 is 0. The van der Waals surface area contributed by atoms with Gasteiger partial charge in [-0.1, -0.05) is 54.6 Å². The van der Waals surface area contributed by atoms with Gasteiger partial charge in [0, 0.05) is 19.3 Å². The number of phenolic OH excluding ortho intramolecular Hbond substituents is 2. The van der Waals surface area contributed by atoms with Gasteiger partial charge in [0.15, 0.2) is 0 Å². The van der Waals surface area contributed by atoms with E-state index in [1.54, 1.807) is 54.6 Å². The normalized spacial score (nSPS) is 20.6. The van der Waals surface area contributed by atoms with Crippen molar-refractivity contribution in [1.29, 1.82) is 0 Å². The maximum Gasteiger partial charge on any atom is 0.338 e. The van der Waals surface area contributed by atoms with Crippen molar-refractivity contribution in [3.05, 3.63) is 95.6 Å². The minimum atomic E-state index is -1.38. The van der Waals surface area contributed by atoms with Crippen molar-refractivity contribution in [2.75, 3.05) is 19.6 Å². The van der Waals surface area contributed by atoms with Crippen LogP contribution in [-0.4, -0.2) is 119 Å². The summed E-state index contributed by atoms with van der Waals surface area (Å²) in [5, 5.41) is 36.6. The summed E-state index contributed by atoms with van der Waals surface area (Å²) in [6.07, 6.45) is 0.456. The molecule has 23 heteroatoms. The molecule has 0 spiro atoms. The van der Waals surface area contributed by atoms with Gasteiger partial charge >= 0.3 is 17.9 Å². The number of hydrogen-bond acceptors (Lipinski definition) is 8. The molecule has 4 rings (SSSR count). The Morgan fingerprint density at radius 2 is 0.632 bits per heavy atom. The number of carbonyl (C=O) groups is 6. The topological polar surface area (TPSA) is 413 Å². The third-order valence-electron chi connectivity index (χ3n) is 10.8. The number of nitrogens with two attached hydrogens (primary N) is 6. The number of amides is 6. The van der Waals surface area contributed by atoms with Crippen LogP contribution in [0.5, 0.6) is 11.5 Å². The summed E-state index contributed by atoms with van der Waals surface area (Å²) in [6.45, 7) is 0.622. The van der Waals surface area contributed by atoms with Gasteiger partial charge in [0.25, 0.3) is 0 Å². The second kappa shape index (κ2) is 26.8. The van der Waals surface area contributed by atoms with Gasteiger partial charge in [-0.05, 0) is 79.5 Å². The van der Waals surface area contributed by atoms with Crippen LogP contribution in [0, 0.1) is 0 Å². The highest BCUT2D eigenvalue weighted by molar-refractivity contribution is 5.98. The molecule has 1 aliphatic rings. The molecule has 23 nitrogen and oxygen atoms in total. The molecule has 1 heterocycles. The quantitative estimate of drug-likeness (QED) is 0.0320. The Hall–Kier alpha value is -8.11. The zero-order chi connectivity index (χ0) is 49.6. The van der Waals surface area contributed by atoms with Crippen molar-refractivity contribution in [2.24, 2.45) is 34.4 Å². The zero-order valence-corrected chi connectivity index (χ0v) is 37.8. The summed E-state index contributed by atoms with van der Waals surface area (Å²) in [5.41, 5.74) is 35.3. The molecule has 3 aromatic rings. The second-order valence-electron chi connectivity index (χ2n) is 16.4. The van der Waals surface area contributed by atoms with Gasteiger partial charge in [-0.3, -0.25) is 78.1 Å². The number of carbonyl (C=O) groups excluding carboxylic acids is 6. The Labute approximate surface area is 393 Å². The smallest absolute Gasteiger partial charge is 0.338 e. The first-order chi connectivity index (χ1) is 32.5. The molecule has 366 valence electrons. The Bertz CT molecular complexity index is 2250. The molecule has 1 saturated heterocycles. The van der Waals surface area contributed by atoms with Gasteiger partial charge in [-0.15, -0.1) is 0 Å². The van der Waals surface area contributed by atoms with Crippen LogP contribution in [-0.2, 0) is 48.0 Å². The number of guanidine groups is 3. The van der Waals surface area contributed by atoms with Crippen LogP contribution >= 0.6 is 0 Å².